The molecule has 0 aliphatic heterocycles. The Labute approximate surface area is 201 Å². The zero-order chi connectivity index (χ0) is 23.6. The molecule has 1 aromatic heterocycles. The number of nitrogens with one attached hydrogen (secondary N) is 2. The number of aromatic hydroxyl groups is 1. The molecule has 0 fully saturated rings. The van der Waals surface area contributed by atoms with Crippen molar-refractivity contribution in [1.82, 2.24) is 15.3 Å². The molecule has 1 heterocycles. The SMILES string of the molecule is COC(=O)[C@H](CSCc1ccccc1)NC(=O)CSc1nc(Cc2ccc(O)cc2)c(C)[nH]1. The molecule has 33 heavy (non-hydrogen) atoms. The highest BCUT2D eigenvalue weighted by Gasteiger charge is 2.22. The van der Waals surface area contributed by atoms with Gasteiger partial charge in [0.25, 0.3) is 0 Å². The number of aromatic nitrogens is 2. The summed E-state index contributed by atoms with van der Waals surface area (Å²) in [5.74, 6) is 0.804. The smallest absolute Gasteiger partial charge is 0.329 e. The number of thioether (sulfide) groups is 2. The lowest BCUT2D eigenvalue weighted by molar-refractivity contribution is -0.144. The molecule has 0 bridgehead atoms. The van der Waals surface area contributed by atoms with Gasteiger partial charge in [0.15, 0.2) is 5.16 Å². The number of phenols is 1. The van der Waals surface area contributed by atoms with Crippen LogP contribution in [0.15, 0.2) is 59.8 Å². The molecule has 9 heteroatoms. The standard InChI is InChI=1S/C24H27N3O4S2/c1-16-20(12-17-8-10-19(28)11-9-17)27-24(25-16)33-15-22(29)26-21(23(30)31-2)14-32-13-18-6-4-3-5-7-18/h3-11,21,28H,12-15H2,1-2H3,(H,25,27)(H,26,29)/t21-/m0/s1. The largest absolute Gasteiger partial charge is 0.508 e. The second-order valence-corrected chi connectivity index (χ2v) is 9.38. The van der Waals surface area contributed by atoms with Gasteiger partial charge in [-0.25, -0.2) is 9.78 Å². The normalized spacial score (nSPS) is 11.7. The van der Waals surface area contributed by atoms with Gasteiger partial charge in [0, 0.05) is 23.6 Å². The topological polar surface area (TPSA) is 104 Å². The summed E-state index contributed by atoms with van der Waals surface area (Å²) in [6.45, 7) is 1.93. The molecule has 2 aromatic carbocycles. The Morgan fingerprint density at radius 2 is 1.85 bits per heavy atom. The summed E-state index contributed by atoms with van der Waals surface area (Å²) in [5.41, 5.74) is 4.00. The minimum absolute atomic E-state index is 0.127. The molecule has 0 saturated heterocycles. The molecule has 0 saturated carbocycles. The first-order valence-corrected chi connectivity index (χ1v) is 12.5. The lowest BCUT2D eigenvalue weighted by atomic mass is 10.1. The van der Waals surface area contributed by atoms with Gasteiger partial charge in [-0.1, -0.05) is 54.2 Å². The van der Waals surface area contributed by atoms with Crippen LogP contribution in [-0.4, -0.2) is 51.6 Å². The van der Waals surface area contributed by atoms with Gasteiger partial charge < -0.3 is 20.1 Å². The van der Waals surface area contributed by atoms with E-state index in [2.05, 4.69) is 15.3 Å². The molecule has 0 aliphatic rings. The number of esters is 1. The van der Waals surface area contributed by atoms with Crippen molar-refractivity contribution in [3.8, 4) is 5.75 Å². The molecule has 0 unspecified atom stereocenters. The predicted molar refractivity (Wildman–Crippen MR) is 132 cm³/mol. The van der Waals surface area contributed by atoms with E-state index in [0.717, 1.165) is 28.3 Å². The molecule has 0 spiro atoms. The quantitative estimate of drug-likeness (QED) is 0.281. The number of methoxy groups -OCH3 is 1. The van der Waals surface area contributed by atoms with Crippen molar-refractivity contribution in [1.29, 1.82) is 0 Å². The molecule has 1 amide bonds. The van der Waals surface area contributed by atoms with Crippen LogP contribution in [0.4, 0.5) is 0 Å². The average molecular weight is 486 g/mol. The third-order valence-electron chi connectivity index (χ3n) is 4.83. The second-order valence-electron chi connectivity index (χ2n) is 7.39. The van der Waals surface area contributed by atoms with E-state index in [1.54, 1.807) is 23.9 Å². The number of hydrogen-bond acceptors (Lipinski definition) is 7. The van der Waals surface area contributed by atoms with Gasteiger partial charge in [0.2, 0.25) is 5.91 Å². The summed E-state index contributed by atoms with van der Waals surface area (Å²) >= 11 is 2.85. The number of nitrogens with zero attached hydrogens (tertiary/aromatic N) is 1. The van der Waals surface area contributed by atoms with E-state index in [-0.39, 0.29) is 17.4 Å². The molecular formula is C24H27N3O4S2. The van der Waals surface area contributed by atoms with Gasteiger partial charge in [-0.05, 0) is 30.2 Å². The number of benzene rings is 2. The number of hydrogen-bond donors (Lipinski definition) is 3. The zero-order valence-electron chi connectivity index (χ0n) is 18.5. The molecule has 3 N–H and O–H groups in total. The van der Waals surface area contributed by atoms with Gasteiger partial charge in [0.05, 0.1) is 18.6 Å². The van der Waals surface area contributed by atoms with Crippen molar-refractivity contribution in [2.45, 2.75) is 30.3 Å². The first kappa shape index (κ1) is 24.7. The highest BCUT2D eigenvalue weighted by Crippen LogP contribution is 2.20. The second kappa shape index (κ2) is 12.4. The number of aromatic amines is 1. The van der Waals surface area contributed by atoms with Crippen molar-refractivity contribution >= 4 is 35.4 Å². The summed E-state index contributed by atoms with van der Waals surface area (Å²) < 4.78 is 4.85. The summed E-state index contributed by atoms with van der Waals surface area (Å²) in [4.78, 5) is 32.4. The maximum atomic E-state index is 12.5. The fourth-order valence-corrected chi connectivity index (χ4v) is 4.82. The Hall–Kier alpha value is -2.91. The molecule has 3 aromatic rings. The number of phenolic OH excluding ortho intramolecular Hbond substituents is 1. The van der Waals surface area contributed by atoms with Crippen molar-refractivity contribution in [3.05, 3.63) is 77.1 Å². The number of H-pyrrole nitrogens is 1. The summed E-state index contributed by atoms with van der Waals surface area (Å²) in [5, 5.41) is 12.8. The maximum Gasteiger partial charge on any atom is 0.329 e. The van der Waals surface area contributed by atoms with Crippen LogP contribution in [0.3, 0.4) is 0 Å². The number of ether oxygens (including phenoxy) is 1. The van der Waals surface area contributed by atoms with Crippen LogP contribution in [0.25, 0.3) is 0 Å². The van der Waals surface area contributed by atoms with Gasteiger partial charge in [0.1, 0.15) is 11.8 Å². The highest BCUT2D eigenvalue weighted by molar-refractivity contribution is 7.99. The predicted octanol–water partition coefficient (Wildman–Crippen LogP) is 3.70. The third-order valence-corrected chi connectivity index (χ3v) is 6.81. The molecule has 0 radical (unpaired) electrons. The number of rotatable bonds is 11. The van der Waals surface area contributed by atoms with Gasteiger partial charge >= 0.3 is 5.97 Å². The Balaban J connectivity index is 1.49. The minimum atomic E-state index is -0.708. The van der Waals surface area contributed by atoms with Crippen molar-refractivity contribution in [2.75, 3.05) is 18.6 Å². The lowest BCUT2D eigenvalue weighted by Crippen LogP contribution is -2.44. The van der Waals surface area contributed by atoms with E-state index in [4.69, 9.17) is 4.74 Å². The van der Waals surface area contributed by atoms with E-state index in [1.807, 2.05) is 49.4 Å². The van der Waals surface area contributed by atoms with Crippen LogP contribution < -0.4 is 5.32 Å². The number of amides is 1. The lowest BCUT2D eigenvalue weighted by Gasteiger charge is -2.16. The van der Waals surface area contributed by atoms with E-state index in [0.29, 0.717) is 17.3 Å². The molecule has 7 nitrogen and oxygen atoms in total. The van der Waals surface area contributed by atoms with E-state index in [1.165, 1.54) is 18.9 Å². The molecular weight excluding hydrogens is 458 g/mol. The summed E-state index contributed by atoms with van der Waals surface area (Å²) in [6, 6.07) is 16.2. The molecule has 1 atom stereocenters. The fourth-order valence-electron chi connectivity index (χ4n) is 3.06. The first-order valence-electron chi connectivity index (χ1n) is 10.4. The minimum Gasteiger partial charge on any atom is -0.508 e. The maximum absolute atomic E-state index is 12.5. The van der Waals surface area contributed by atoms with Crippen LogP contribution in [0.5, 0.6) is 5.75 Å². The van der Waals surface area contributed by atoms with Gasteiger partial charge in [-0.3, -0.25) is 4.79 Å². The van der Waals surface area contributed by atoms with E-state index in [9.17, 15) is 14.7 Å². The Morgan fingerprint density at radius 1 is 1.12 bits per heavy atom. The number of imidazole rings is 1. The monoisotopic (exact) mass is 485 g/mol. The average Bonchev–Trinajstić information content (AvgIpc) is 3.17. The van der Waals surface area contributed by atoms with Crippen molar-refractivity contribution < 1.29 is 19.4 Å². The first-order chi connectivity index (χ1) is 15.9. The van der Waals surface area contributed by atoms with Crippen molar-refractivity contribution in [2.24, 2.45) is 0 Å². The van der Waals surface area contributed by atoms with Crippen LogP contribution in [0.1, 0.15) is 22.5 Å². The highest BCUT2D eigenvalue weighted by atomic mass is 32.2. The number of carbonyl (C=O) groups is 2. The summed E-state index contributed by atoms with van der Waals surface area (Å²) in [6.07, 6.45) is 0.623. The molecule has 174 valence electrons. The van der Waals surface area contributed by atoms with Crippen LogP contribution >= 0.6 is 23.5 Å². The Morgan fingerprint density at radius 3 is 2.55 bits per heavy atom. The Bertz CT molecular complexity index is 1060. The van der Waals surface area contributed by atoms with E-state index < -0.39 is 12.0 Å². The number of aryl methyl sites for hydroxylation is 1. The van der Waals surface area contributed by atoms with Crippen LogP contribution in [-0.2, 0) is 26.5 Å². The molecule has 0 aliphatic carbocycles. The van der Waals surface area contributed by atoms with Gasteiger partial charge in [-0.15, -0.1) is 0 Å². The van der Waals surface area contributed by atoms with Crippen LogP contribution in [0.2, 0.25) is 0 Å². The number of carbonyl (C=O) groups excluding carboxylic acids is 2. The van der Waals surface area contributed by atoms with Crippen LogP contribution in [0, 0.1) is 6.92 Å². The van der Waals surface area contributed by atoms with E-state index >= 15 is 0 Å². The van der Waals surface area contributed by atoms with Crippen molar-refractivity contribution in [3.63, 3.8) is 0 Å². The molecule has 3 rings (SSSR count). The fraction of sp³-hybridized carbons (Fsp3) is 0.292. The zero-order valence-corrected chi connectivity index (χ0v) is 20.2. The third kappa shape index (κ3) is 7.87. The van der Waals surface area contributed by atoms with Gasteiger partial charge in [-0.2, -0.15) is 11.8 Å². The Kier molecular flexibility index (Phi) is 9.26. The summed E-state index contributed by atoms with van der Waals surface area (Å²) in [7, 11) is 1.32.